The van der Waals surface area contributed by atoms with Crippen molar-refractivity contribution in [3.05, 3.63) is 57.8 Å². The molecule has 0 saturated heterocycles. The fourth-order valence-corrected chi connectivity index (χ4v) is 6.71. The standard InChI is InChI=1S/C26H34N4O3S2/c1-3-33-25(31)21(18-10-5-6-12-22(18)34-2)17-29-26(32)28-16-20-19-11-9-13-27-23(19)35-24(20)30-14-7-4-8-15-30/h4,7-8,14,17,27H,3,5-6,9-13,15-16H2,1-2H3,(H2,28,29,32)/b21-17-. The lowest BCUT2D eigenvalue weighted by Gasteiger charge is -2.21. The van der Waals surface area contributed by atoms with Crippen LogP contribution in [0.4, 0.5) is 14.8 Å². The molecule has 1 aromatic rings. The van der Waals surface area contributed by atoms with E-state index in [1.54, 1.807) is 30.0 Å². The van der Waals surface area contributed by atoms with Gasteiger partial charge in [-0.05, 0) is 73.8 Å². The summed E-state index contributed by atoms with van der Waals surface area (Å²) >= 11 is 3.42. The third kappa shape index (κ3) is 6.13. The minimum atomic E-state index is -0.388. The molecule has 2 aliphatic heterocycles. The fraction of sp³-hybridized carbons (Fsp3) is 0.462. The number of thioether (sulfide) groups is 1. The molecule has 0 bridgehead atoms. The number of nitrogens with one attached hydrogen (secondary N) is 3. The molecule has 0 atom stereocenters. The van der Waals surface area contributed by atoms with E-state index >= 15 is 0 Å². The summed E-state index contributed by atoms with van der Waals surface area (Å²) in [6.07, 6.45) is 17.8. The Balaban J connectivity index is 1.49. The number of anilines is 2. The van der Waals surface area contributed by atoms with Crippen LogP contribution in [0.3, 0.4) is 0 Å². The highest BCUT2D eigenvalue weighted by molar-refractivity contribution is 8.02. The maximum Gasteiger partial charge on any atom is 0.339 e. The maximum absolute atomic E-state index is 12.8. The minimum absolute atomic E-state index is 0.296. The van der Waals surface area contributed by atoms with Gasteiger partial charge in [-0.3, -0.25) is 0 Å². The van der Waals surface area contributed by atoms with Gasteiger partial charge in [0.15, 0.2) is 0 Å². The van der Waals surface area contributed by atoms with E-state index < -0.39 is 0 Å². The van der Waals surface area contributed by atoms with E-state index in [1.807, 2.05) is 18.4 Å². The Morgan fingerprint density at radius 3 is 2.86 bits per heavy atom. The SMILES string of the molecule is CCOC(=O)/C(=C\NC(=O)NCc1c(N2C=CC=CC2)sc2c1CCCN2)C1=C(SC)CCCC1. The third-order valence-corrected chi connectivity index (χ3v) is 8.53. The van der Waals surface area contributed by atoms with Gasteiger partial charge in [-0.15, -0.1) is 23.1 Å². The number of rotatable bonds is 8. The van der Waals surface area contributed by atoms with Crippen molar-refractivity contribution in [2.24, 2.45) is 0 Å². The van der Waals surface area contributed by atoms with Gasteiger partial charge in [-0.25, -0.2) is 9.59 Å². The number of nitrogens with zero attached hydrogens (tertiary/aromatic N) is 1. The first-order valence-corrected chi connectivity index (χ1v) is 14.3. The molecule has 0 saturated carbocycles. The average molecular weight is 515 g/mol. The number of hydrogen-bond acceptors (Lipinski definition) is 7. The number of amides is 2. The summed E-state index contributed by atoms with van der Waals surface area (Å²) in [7, 11) is 0. The van der Waals surface area contributed by atoms with Crippen LogP contribution in [0.15, 0.2) is 46.7 Å². The van der Waals surface area contributed by atoms with Crippen LogP contribution >= 0.6 is 23.1 Å². The first-order chi connectivity index (χ1) is 17.1. The van der Waals surface area contributed by atoms with Crippen LogP contribution in [0.2, 0.25) is 0 Å². The van der Waals surface area contributed by atoms with Crippen molar-refractivity contribution in [1.82, 2.24) is 10.6 Å². The molecule has 0 fully saturated rings. The van der Waals surface area contributed by atoms with Gasteiger partial charge in [0.05, 0.1) is 17.2 Å². The highest BCUT2D eigenvalue weighted by Crippen LogP contribution is 2.43. The van der Waals surface area contributed by atoms with Crippen LogP contribution in [0.1, 0.15) is 50.2 Å². The molecule has 7 nitrogen and oxygen atoms in total. The number of thiophene rings is 1. The quantitative estimate of drug-likeness (QED) is 0.317. The second kappa shape index (κ2) is 12.4. The minimum Gasteiger partial charge on any atom is -0.462 e. The van der Waals surface area contributed by atoms with Crippen molar-refractivity contribution in [2.45, 2.75) is 52.0 Å². The Morgan fingerprint density at radius 2 is 2.09 bits per heavy atom. The summed E-state index contributed by atoms with van der Waals surface area (Å²) in [4.78, 5) is 29.0. The largest absolute Gasteiger partial charge is 0.462 e. The van der Waals surface area contributed by atoms with Gasteiger partial charge in [0.25, 0.3) is 0 Å². The second-order valence-electron chi connectivity index (χ2n) is 8.56. The normalized spacial score (nSPS) is 17.7. The smallest absolute Gasteiger partial charge is 0.339 e. The summed E-state index contributed by atoms with van der Waals surface area (Å²) < 4.78 is 5.30. The molecular formula is C26H34N4O3S2. The van der Waals surface area contributed by atoms with E-state index in [9.17, 15) is 9.59 Å². The van der Waals surface area contributed by atoms with Crippen molar-refractivity contribution in [3.63, 3.8) is 0 Å². The predicted octanol–water partition coefficient (Wildman–Crippen LogP) is 5.43. The molecule has 0 unspecified atom stereocenters. The summed E-state index contributed by atoms with van der Waals surface area (Å²) in [5.41, 5.74) is 3.89. The zero-order chi connectivity index (χ0) is 24.6. The molecular weight excluding hydrogens is 480 g/mol. The number of ether oxygens (including phenoxy) is 1. The molecule has 2 amide bonds. The van der Waals surface area contributed by atoms with Crippen molar-refractivity contribution in [3.8, 4) is 0 Å². The molecule has 1 aromatic heterocycles. The molecule has 4 rings (SSSR count). The summed E-state index contributed by atoms with van der Waals surface area (Å²) in [6.45, 7) is 4.30. The Kier molecular flexibility index (Phi) is 8.98. The summed E-state index contributed by atoms with van der Waals surface area (Å²) in [5, 5.41) is 11.7. The van der Waals surface area contributed by atoms with E-state index in [2.05, 4.69) is 33.1 Å². The first kappa shape index (κ1) is 25.4. The van der Waals surface area contributed by atoms with Crippen LogP contribution in [0, 0.1) is 0 Å². The molecule has 3 heterocycles. The molecule has 35 heavy (non-hydrogen) atoms. The fourth-order valence-electron chi connectivity index (χ4n) is 4.62. The molecule has 0 aromatic carbocycles. The van der Waals surface area contributed by atoms with Crippen molar-refractivity contribution in [1.29, 1.82) is 0 Å². The number of hydrogen-bond donors (Lipinski definition) is 3. The predicted molar refractivity (Wildman–Crippen MR) is 146 cm³/mol. The van der Waals surface area contributed by atoms with E-state index in [0.717, 1.165) is 67.8 Å². The highest BCUT2D eigenvalue weighted by atomic mass is 32.2. The number of esters is 1. The maximum atomic E-state index is 12.8. The van der Waals surface area contributed by atoms with Gasteiger partial charge >= 0.3 is 12.0 Å². The number of carbonyl (C=O) groups excluding carboxylic acids is 2. The Hall–Kier alpha value is -2.65. The van der Waals surface area contributed by atoms with Crippen LogP contribution in [0.25, 0.3) is 0 Å². The number of urea groups is 1. The average Bonchev–Trinajstić information content (AvgIpc) is 3.27. The van der Waals surface area contributed by atoms with Crippen molar-refractivity contribution in [2.75, 3.05) is 36.2 Å². The first-order valence-electron chi connectivity index (χ1n) is 12.3. The third-order valence-electron chi connectivity index (χ3n) is 6.32. The van der Waals surface area contributed by atoms with Crippen LogP contribution in [-0.2, 0) is 22.5 Å². The van der Waals surface area contributed by atoms with Crippen LogP contribution in [0.5, 0.6) is 0 Å². The molecule has 9 heteroatoms. The summed E-state index contributed by atoms with van der Waals surface area (Å²) in [6, 6.07) is -0.335. The lowest BCUT2D eigenvalue weighted by atomic mass is 9.93. The molecule has 188 valence electrons. The lowest BCUT2D eigenvalue weighted by Crippen LogP contribution is -2.33. The van der Waals surface area contributed by atoms with Gasteiger partial charge in [-0.2, -0.15) is 0 Å². The molecule has 1 aliphatic carbocycles. The van der Waals surface area contributed by atoms with Gasteiger partial charge in [0.2, 0.25) is 0 Å². The van der Waals surface area contributed by atoms with Gasteiger partial charge in [-0.1, -0.05) is 12.2 Å². The molecule has 3 aliphatic rings. The molecule has 3 N–H and O–H groups in total. The van der Waals surface area contributed by atoms with E-state index in [4.69, 9.17) is 4.74 Å². The van der Waals surface area contributed by atoms with Gasteiger partial charge < -0.3 is 25.6 Å². The summed E-state index contributed by atoms with van der Waals surface area (Å²) in [5.74, 6) is -0.388. The highest BCUT2D eigenvalue weighted by Gasteiger charge is 2.25. The Bertz CT molecular complexity index is 1070. The van der Waals surface area contributed by atoms with Gasteiger partial charge in [0, 0.05) is 37.6 Å². The lowest BCUT2D eigenvalue weighted by molar-refractivity contribution is -0.138. The zero-order valence-corrected chi connectivity index (χ0v) is 22.1. The van der Waals surface area contributed by atoms with Crippen LogP contribution in [-0.4, -0.2) is 38.0 Å². The van der Waals surface area contributed by atoms with E-state index in [-0.39, 0.29) is 12.0 Å². The molecule has 0 spiro atoms. The molecule has 0 radical (unpaired) electrons. The monoisotopic (exact) mass is 514 g/mol. The topological polar surface area (TPSA) is 82.7 Å². The van der Waals surface area contributed by atoms with E-state index in [1.165, 1.54) is 21.7 Å². The Morgan fingerprint density at radius 1 is 1.23 bits per heavy atom. The number of carbonyl (C=O) groups is 2. The number of fused-ring (bicyclic) bond motifs is 1. The zero-order valence-electron chi connectivity index (χ0n) is 20.4. The van der Waals surface area contributed by atoms with Crippen molar-refractivity contribution >= 4 is 45.1 Å². The van der Waals surface area contributed by atoms with E-state index in [0.29, 0.717) is 18.7 Å². The van der Waals surface area contributed by atoms with Crippen LogP contribution < -0.4 is 20.9 Å². The Labute approximate surface area is 215 Å². The second-order valence-corrected chi connectivity index (χ2v) is 10.5. The van der Waals surface area contributed by atoms with Crippen molar-refractivity contribution < 1.29 is 14.3 Å². The van der Waals surface area contributed by atoms with Gasteiger partial charge in [0.1, 0.15) is 5.00 Å². The number of allylic oxidation sites excluding steroid dienone is 3.